The summed E-state index contributed by atoms with van der Waals surface area (Å²) in [5.41, 5.74) is 7.52. The maximum absolute atomic E-state index is 13.7. The number of fused-ring (bicyclic) bond motifs is 1. The van der Waals surface area contributed by atoms with E-state index in [-0.39, 0.29) is 53.0 Å². The number of hydrogen-bond donors (Lipinski definition) is 3. The highest BCUT2D eigenvalue weighted by molar-refractivity contribution is 8.00. The van der Waals surface area contributed by atoms with Gasteiger partial charge in [0.15, 0.2) is 0 Å². The average molecular weight is 1090 g/mol. The van der Waals surface area contributed by atoms with Gasteiger partial charge in [-0.3, -0.25) is 24.6 Å². The summed E-state index contributed by atoms with van der Waals surface area (Å²) < 4.78 is 45.4. The Labute approximate surface area is 461 Å². The molecule has 2 atom stereocenters. The Hall–Kier alpha value is -6.63. The number of thioether (sulfide) groups is 1. The molecule has 0 saturated heterocycles. The number of para-hydroxylation sites is 1. The molecule has 4 aliphatic carbocycles. The van der Waals surface area contributed by atoms with Crippen molar-refractivity contribution in [1.29, 1.82) is 0 Å². The van der Waals surface area contributed by atoms with Gasteiger partial charge in [-0.15, -0.1) is 0 Å². The number of allylic oxidation sites excluding steroid dienone is 7. The van der Waals surface area contributed by atoms with Crippen molar-refractivity contribution in [3.8, 4) is 11.5 Å². The van der Waals surface area contributed by atoms with Crippen LogP contribution in [0.5, 0.6) is 11.5 Å². The summed E-state index contributed by atoms with van der Waals surface area (Å²) in [5, 5.41) is 3.43. The summed E-state index contributed by atoms with van der Waals surface area (Å²) in [6.45, 7) is 9.04. The van der Waals surface area contributed by atoms with E-state index in [1.165, 1.54) is 0 Å². The third-order valence-corrected chi connectivity index (χ3v) is 15.4. The minimum Gasteiger partial charge on any atom is -0.498 e. The van der Waals surface area contributed by atoms with Gasteiger partial charge in [-0.2, -0.15) is 0 Å². The Morgan fingerprint density at radius 1 is 0.538 bits per heavy atom. The SMILES string of the molecule is C=CC(=O)OCCCCCCOC1=CC=C(OC(=O)[C@H]2CC[C@H](C(=O)OC3=CC=C(OC(=O)[C@H]4CC[C@H](C(=O)Oc5ccc(OCCCCCCOC(=O)C=C)cc5)CC4)C(CNNC4Nc5ccccc5S4)C3)CC2)CC1. The number of nitrogens with one attached hydrogen (secondary N) is 3. The van der Waals surface area contributed by atoms with Crippen molar-refractivity contribution in [3.05, 3.63) is 121 Å². The lowest BCUT2D eigenvalue weighted by Gasteiger charge is -2.30. The molecule has 1 aliphatic heterocycles. The van der Waals surface area contributed by atoms with Crippen molar-refractivity contribution < 1.29 is 66.7 Å². The van der Waals surface area contributed by atoms with E-state index >= 15 is 0 Å². The van der Waals surface area contributed by atoms with Crippen LogP contribution in [0.4, 0.5) is 5.69 Å². The van der Waals surface area contributed by atoms with Crippen LogP contribution < -0.4 is 25.6 Å². The molecular formula is C60H75N3O14S. The van der Waals surface area contributed by atoms with Crippen LogP contribution in [0, 0.1) is 29.6 Å². The molecule has 78 heavy (non-hydrogen) atoms. The predicted octanol–water partition coefficient (Wildman–Crippen LogP) is 10.8. The topological polar surface area (TPSA) is 212 Å². The van der Waals surface area contributed by atoms with Crippen molar-refractivity contribution in [2.24, 2.45) is 29.6 Å². The van der Waals surface area contributed by atoms with Crippen molar-refractivity contribution in [3.63, 3.8) is 0 Å². The second kappa shape index (κ2) is 31.7. The van der Waals surface area contributed by atoms with E-state index in [4.69, 9.17) is 37.9 Å². The number of ether oxygens (including phenoxy) is 8. The molecule has 18 heteroatoms. The number of rotatable bonds is 30. The number of hydrazine groups is 1. The number of esters is 6. The zero-order valence-electron chi connectivity index (χ0n) is 44.6. The van der Waals surface area contributed by atoms with E-state index in [1.54, 1.807) is 54.3 Å². The van der Waals surface area contributed by atoms with Crippen LogP contribution in [0.1, 0.15) is 122 Å². The number of carbonyl (C=O) groups excluding carboxylic acids is 6. The molecule has 2 saturated carbocycles. The number of hydrogen-bond acceptors (Lipinski definition) is 18. The van der Waals surface area contributed by atoms with Gasteiger partial charge in [0.1, 0.15) is 34.3 Å². The largest absolute Gasteiger partial charge is 0.498 e. The molecule has 3 N–H and O–H groups in total. The summed E-state index contributed by atoms with van der Waals surface area (Å²) in [4.78, 5) is 77.2. The Morgan fingerprint density at radius 2 is 1.03 bits per heavy atom. The maximum Gasteiger partial charge on any atom is 0.330 e. The molecule has 2 fully saturated rings. The molecule has 1 heterocycles. The fraction of sp³-hybridized carbons (Fsp3) is 0.500. The van der Waals surface area contributed by atoms with Crippen molar-refractivity contribution in [2.45, 2.75) is 132 Å². The van der Waals surface area contributed by atoms with E-state index in [9.17, 15) is 28.8 Å². The van der Waals surface area contributed by atoms with Gasteiger partial charge in [-0.25, -0.2) is 15.0 Å². The van der Waals surface area contributed by atoms with Crippen molar-refractivity contribution in [2.75, 3.05) is 38.3 Å². The lowest BCUT2D eigenvalue weighted by Crippen LogP contribution is -2.44. The molecule has 0 aromatic heterocycles. The highest BCUT2D eigenvalue weighted by Crippen LogP contribution is 2.38. The zero-order chi connectivity index (χ0) is 54.9. The van der Waals surface area contributed by atoms with Crippen LogP contribution in [0.15, 0.2) is 126 Å². The molecule has 2 unspecified atom stereocenters. The predicted molar refractivity (Wildman–Crippen MR) is 292 cm³/mol. The van der Waals surface area contributed by atoms with Gasteiger partial charge in [0.2, 0.25) is 0 Å². The van der Waals surface area contributed by atoms with E-state index in [2.05, 4.69) is 35.4 Å². The molecule has 0 amide bonds. The normalized spacial score (nSPS) is 21.5. The monoisotopic (exact) mass is 1090 g/mol. The number of benzene rings is 2. The van der Waals surface area contributed by atoms with Gasteiger partial charge in [0.25, 0.3) is 0 Å². The molecule has 0 spiro atoms. The van der Waals surface area contributed by atoms with Crippen molar-refractivity contribution >= 4 is 53.3 Å². The fourth-order valence-corrected chi connectivity index (χ4v) is 10.7. The fourth-order valence-electron chi connectivity index (χ4n) is 9.75. The van der Waals surface area contributed by atoms with Crippen LogP contribution >= 0.6 is 11.8 Å². The van der Waals surface area contributed by atoms with Gasteiger partial charge in [0, 0.05) is 54.5 Å². The standard InChI is InChI=1S/C60H75N3O14S/c1-3-54(64)72-37-13-7-5-11-35-70-46-25-29-48(30-26-46)74-56(66)41-17-19-43(20-18-41)58(68)76-50-33-34-52(45(39-50)40-61-63-60-62-51-15-9-10-16-53(51)78-60)77-59(69)44-23-21-42(22-24-44)57(67)75-49-31-27-47(28-32-49)71-36-12-6-8-14-38-73-55(65)4-2/h3-4,9-10,15-16,25,27-29,31-34,41-45,60-63H,1-2,5-8,11-14,17-24,26,30,35-40H2/t41-,42-,43-,44-,45?,60?. The Bertz CT molecular complexity index is 2480. The van der Waals surface area contributed by atoms with Crippen LogP contribution in [0.2, 0.25) is 0 Å². The third kappa shape index (κ3) is 19.4. The molecule has 2 aromatic carbocycles. The summed E-state index contributed by atoms with van der Waals surface area (Å²) in [6, 6.07) is 15.0. The molecule has 7 rings (SSSR count). The number of unbranched alkanes of at least 4 members (excludes halogenated alkanes) is 6. The van der Waals surface area contributed by atoms with Gasteiger partial charge >= 0.3 is 35.8 Å². The minimum atomic E-state index is -0.409. The summed E-state index contributed by atoms with van der Waals surface area (Å²) in [6.07, 6.45) is 21.9. The van der Waals surface area contributed by atoms with Crippen molar-refractivity contribution in [1.82, 2.24) is 10.9 Å². The first kappa shape index (κ1) is 59.0. The molecule has 0 bridgehead atoms. The van der Waals surface area contributed by atoms with Gasteiger partial charge in [-0.1, -0.05) is 37.1 Å². The maximum atomic E-state index is 13.7. The van der Waals surface area contributed by atoms with E-state index in [0.29, 0.717) is 132 Å². The second-order valence-electron chi connectivity index (χ2n) is 20.1. The number of carbonyl (C=O) groups is 6. The van der Waals surface area contributed by atoms with Gasteiger partial charge in [-0.05, 0) is 163 Å². The summed E-state index contributed by atoms with van der Waals surface area (Å²) in [7, 11) is 0. The van der Waals surface area contributed by atoms with Crippen LogP contribution in [0.3, 0.4) is 0 Å². The lowest BCUT2D eigenvalue weighted by molar-refractivity contribution is -0.151. The molecular weight excluding hydrogens is 1020 g/mol. The zero-order valence-corrected chi connectivity index (χ0v) is 45.4. The number of anilines is 1. The third-order valence-electron chi connectivity index (χ3n) is 14.3. The molecule has 17 nitrogen and oxygen atoms in total. The molecule has 0 radical (unpaired) electrons. The van der Waals surface area contributed by atoms with E-state index < -0.39 is 17.9 Å². The molecule has 5 aliphatic rings. The Kier molecular flexibility index (Phi) is 24.0. The molecule has 2 aromatic rings. The van der Waals surface area contributed by atoms with Crippen LogP contribution in [0.25, 0.3) is 0 Å². The highest BCUT2D eigenvalue weighted by atomic mass is 32.2. The average Bonchev–Trinajstić information content (AvgIpc) is 3.90. The first-order valence-electron chi connectivity index (χ1n) is 27.7. The highest BCUT2D eigenvalue weighted by Gasteiger charge is 2.36. The van der Waals surface area contributed by atoms with E-state index in [1.807, 2.05) is 24.3 Å². The lowest BCUT2D eigenvalue weighted by atomic mass is 9.82. The first-order chi connectivity index (χ1) is 38.0. The Morgan fingerprint density at radius 3 is 1.59 bits per heavy atom. The quantitative estimate of drug-likeness (QED) is 0.0166. The van der Waals surface area contributed by atoms with Crippen LogP contribution in [-0.4, -0.2) is 74.3 Å². The second-order valence-corrected chi connectivity index (χ2v) is 21.2. The van der Waals surface area contributed by atoms with Crippen LogP contribution in [-0.2, 0) is 57.2 Å². The Balaban J connectivity index is 0.826. The van der Waals surface area contributed by atoms with E-state index in [0.717, 1.165) is 79.9 Å². The summed E-state index contributed by atoms with van der Waals surface area (Å²) in [5.74, 6) is -0.442. The smallest absolute Gasteiger partial charge is 0.330 e. The summed E-state index contributed by atoms with van der Waals surface area (Å²) >= 11 is 1.64. The van der Waals surface area contributed by atoms with Gasteiger partial charge in [0.05, 0.1) is 55.9 Å². The first-order valence-corrected chi connectivity index (χ1v) is 28.5. The molecule has 420 valence electrons. The minimum absolute atomic E-state index is 0.136. The van der Waals surface area contributed by atoms with Gasteiger partial charge < -0.3 is 43.2 Å².